The van der Waals surface area contributed by atoms with E-state index in [0.29, 0.717) is 32.6 Å². The molecule has 3 rings (SSSR count). The molecule has 0 bridgehead atoms. The maximum Gasteiger partial charge on any atom is 0.410 e. The molecule has 144 valence electrons. The van der Waals surface area contributed by atoms with E-state index < -0.39 is 5.60 Å². The van der Waals surface area contributed by atoms with Crippen molar-refractivity contribution in [3.63, 3.8) is 0 Å². The molecule has 1 spiro atoms. The Morgan fingerprint density at radius 3 is 2.77 bits per heavy atom. The summed E-state index contributed by atoms with van der Waals surface area (Å²) in [5.74, 6) is 0.227. The van der Waals surface area contributed by atoms with Crippen LogP contribution in [0.2, 0.25) is 0 Å². The fraction of sp³-hybridized carbons (Fsp3) is 0.684. The molecule has 2 aliphatic rings. The molecular weight excluding hydrogens is 350 g/mol. The lowest BCUT2D eigenvalue weighted by Crippen LogP contribution is -2.49. The van der Waals surface area contributed by atoms with Crippen molar-refractivity contribution in [2.45, 2.75) is 37.7 Å². The molecule has 26 heavy (non-hydrogen) atoms. The van der Waals surface area contributed by atoms with Gasteiger partial charge in [-0.2, -0.15) is 0 Å². The molecule has 0 saturated carbocycles. The van der Waals surface area contributed by atoms with Crippen molar-refractivity contribution in [2.75, 3.05) is 46.8 Å². The molecule has 2 saturated heterocycles. The van der Waals surface area contributed by atoms with Gasteiger partial charge >= 0.3 is 6.09 Å². The third-order valence-electron chi connectivity index (χ3n) is 5.28. The largest absolute Gasteiger partial charge is 0.441 e. The van der Waals surface area contributed by atoms with E-state index in [2.05, 4.69) is 22.4 Å². The summed E-state index contributed by atoms with van der Waals surface area (Å²) < 4.78 is 5.72. The van der Waals surface area contributed by atoms with E-state index in [1.165, 1.54) is 4.88 Å². The first-order valence-corrected chi connectivity index (χ1v) is 10.3. The maximum atomic E-state index is 12.4. The molecule has 0 aliphatic carbocycles. The highest BCUT2D eigenvalue weighted by Crippen LogP contribution is 2.33. The van der Waals surface area contributed by atoms with E-state index in [1.54, 1.807) is 16.2 Å². The zero-order chi connectivity index (χ0) is 18.6. The second-order valence-electron chi connectivity index (χ2n) is 7.59. The van der Waals surface area contributed by atoms with Gasteiger partial charge in [0.25, 0.3) is 0 Å². The Labute approximate surface area is 159 Å². The van der Waals surface area contributed by atoms with E-state index in [1.807, 2.05) is 19.0 Å². The average Bonchev–Trinajstić information content (AvgIpc) is 3.22. The van der Waals surface area contributed by atoms with Crippen LogP contribution in [0, 0.1) is 0 Å². The minimum atomic E-state index is -0.392. The number of piperidine rings is 1. The zero-order valence-corrected chi connectivity index (χ0v) is 16.6. The number of hydrogen-bond acceptors (Lipinski definition) is 5. The van der Waals surface area contributed by atoms with Crippen LogP contribution in [-0.4, -0.2) is 79.1 Å². The summed E-state index contributed by atoms with van der Waals surface area (Å²) in [5.41, 5.74) is -0.392. The fourth-order valence-electron chi connectivity index (χ4n) is 3.64. The summed E-state index contributed by atoms with van der Waals surface area (Å²) in [7, 11) is 4.00. The third kappa shape index (κ3) is 4.76. The molecule has 7 heteroatoms. The highest BCUT2D eigenvalue weighted by atomic mass is 32.1. The molecule has 2 aliphatic heterocycles. The van der Waals surface area contributed by atoms with Crippen LogP contribution in [0.4, 0.5) is 4.79 Å². The normalized spacial score (nSPS) is 19.4. The number of rotatable bonds is 7. The van der Waals surface area contributed by atoms with Gasteiger partial charge < -0.3 is 19.4 Å². The number of carbonyl (C=O) groups is 2. The minimum Gasteiger partial charge on any atom is -0.441 e. The van der Waals surface area contributed by atoms with Crippen LogP contribution in [0.25, 0.3) is 0 Å². The Hall–Kier alpha value is -1.60. The number of nitrogens with zero attached hydrogens (tertiary/aromatic N) is 3. The molecule has 1 aromatic heterocycles. The van der Waals surface area contributed by atoms with E-state index in [9.17, 15) is 9.59 Å². The lowest BCUT2D eigenvalue weighted by atomic mass is 9.91. The van der Waals surface area contributed by atoms with E-state index in [0.717, 1.165) is 32.2 Å². The van der Waals surface area contributed by atoms with E-state index in [4.69, 9.17) is 4.74 Å². The van der Waals surface area contributed by atoms with Crippen LogP contribution in [0.5, 0.6) is 0 Å². The molecule has 0 N–H and O–H groups in total. The lowest BCUT2D eigenvalue weighted by Gasteiger charge is -2.37. The molecule has 3 heterocycles. The summed E-state index contributed by atoms with van der Waals surface area (Å²) >= 11 is 1.75. The molecule has 0 atom stereocenters. The lowest BCUT2D eigenvalue weighted by molar-refractivity contribution is -0.134. The Morgan fingerprint density at radius 2 is 2.12 bits per heavy atom. The topological polar surface area (TPSA) is 53.1 Å². The van der Waals surface area contributed by atoms with Crippen molar-refractivity contribution in [3.05, 3.63) is 22.4 Å². The highest BCUT2D eigenvalue weighted by molar-refractivity contribution is 7.09. The Balaban J connectivity index is 1.42. The summed E-state index contributed by atoms with van der Waals surface area (Å²) in [6.07, 6.45) is 3.75. The quantitative estimate of drug-likeness (QED) is 0.730. The third-order valence-corrected chi connectivity index (χ3v) is 6.22. The van der Waals surface area contributed by atoms with Crippen molar-refractivity contribution in [3.8, 4) is 0 Å². The number of ether oxygens (including phenoxy) is 1. The number of likely N-dealkylation sites (tertiary alicyclic amines) is 1. The average molecular weight is 380 g/mol. The van der Waals surface area contributed by atoms with Crippen LogP contribution in [-0.2, 0) is 16.0 Å². The smallest absolute Gasteiger partial charge is 0.410 e. The van der Waals surface area contributed by atoms with Gasteiger partial charge in [0.05, 0.1) is 6.54 Å². The van der Waals surface area contributed by atoms with Crippen molar-refractivity contribution >= 4 is 23.3 Å². The number of hydrogen-bond donors (Lipinski definition) is 0. The molecule has 0 aromatic carbocycles. The van der Waals surface area contributed by atoms with Crippen LogP contribution < -0.4 is 0 Å². The molecular formula is C19H29N3O3S. The Morgan fingerprint density at radius 1 is 1.35 bits per heavy atom. The molecule has 0 unspecified atom stereocenters. The number of carbonyl (C=O) groups excluding carboxylic acids is 2. The van der Waals surface area contributed by atoms with Crippen LogP contribution in [0.15, 0.2) is 17.5 Å². The van der Waals surface area contributed by atoms with Crippen LogP contribution >= 0.6 is 11.3 Å². The van der Waals surface area contributed by atoms with Crippen molar-refractivity contribution in [1.82, 2.24) is 14.7 Å². The number of likely N-dealkylation sites (N-methyl/N-ethyl adjacent to an activating group) is 1. The van der Waals surface area contributed by atoms with Crippen LogP contribution in [0.3, 0.4) is 0 Å². The number of amides is 2. The van der Waals surface area contributed by atoms with Crippen molar-refractivity contribution in [2.24, 2.45) is 0 Å². The van der Waals surface area contributed by atoms with E-state index in [-0.39, 0.29) is 12.0 Å². The second-order valence-corrected chi connectivity index (χ2v) is 8.62. The minimum absolute atomic E-state index is 0.206. The molecule has 1 aromatic rings. The fourth-order valence-corrected chi connectivity index (χ4v) is 4.39. The zero-order valence-electron chi connectivity index (χ0n) is 15.8. The highest BCUT2D eigenvalue weighted by Gasteiger charge is 2.47. The van der Waals surface area contributed by atoms with Crippen LogP contribution in [0.1, 0.15) is 30.6 Å². The summed E-state index contributed by atoms with van der Waals surface area (Å²) in [4.78, 5) is 31.7. The van der Waals surface area contributed by atoms with Gasteiger partial charge in [0.2, 0.25) is 5.91 Å². The van der Waals surface area contributed by atoms with Crippen molar-refractivity contribution in [1.29, 1.82) is 0 Å². The Bertz CT molecular complexity index is 610. The van der Waals surface area contributed by atoms with Gasteiger partial charge in [-0.1, -0.05) is 6.07 Å². The van der Waals surface area contributed by atoms with Gasteiger partial charge in [-0.3, -0.25) is 4.79 Å². The first-order valence-electron chi connectivity index (χ1n) is 9.40. The number of aryl methyl sites for hydroxylation is 1. The molecule has 2 fully saturated rings. The summed E-state index contributed by atoms with van der Waals surface area (Å²) in [5, 5.41) is 2.08. The summed E-state index contributed by atoms with van der Waals surface area (Å²) in [6.45, 7) is 3.55. The van der Waals surface area contributed by atoms with Crippen molar-refractivity contribution < 1.29 is 14.3 Å². The van der Waals surface area contributed by atoms with E-state index >= 15 is 0 Å². The predicted octanol–water partition coefficient (Wildman–Crippen LogP) is 2.45. The van der Waals surface area contributed by atoms with Gasteiger partial charge in [-0.25, -0.2) is 4.79 Å². The SMILES string of the molecule is CN(C)CCN1CC2(CCN(C(=O)CCCc3cccs3)CC2)OC1=O. The van der Waals surface area contributed by atoms with Gasteiger partial charge in [0.15, 0.2) is 0 Å². The monoisotopic (exact) mass is 379 g/mol. The molecule has 6 nitrogen and oxygen atoms in total. The molecule has 0 radical (unpaired) electrons. The summed E-state index contributed by atoms with van der Waals surface area (Å²) in [6, 6.07) is 4.17. The van der Waals surface area contributed by atoms with Gasteiger partial charge in [-0.05, 0) is 38.4 Å². The van der Waals surface area contributed by atoms with Gasteiger partial charge in [-0.15, -0.1) is 11.3 Å². The first-order chi connectivity index (χ1) is 12.5. The van der Waals surface area contributed by atoms with Gasteiger partial charge in [0, 0.05) is 50.3 Å². The maximum absolute atomic E-state index is 12.4. The second kappa shape index (κ2) is 8.39. The Kier molecular flexibility index (Phi) is 6.19. The van der Waals surface area contributed by atoms with Gasteiger partial charge in [0.1, 0.15) is 5.60 Å². The molecule has 2 amide bonds. The first kappa shape index (κ1) is 19.2. The predicted molar refractivity (Wildman–Crippen MR) is 102 cm³/mol. The standard InChI is InChI=1S/C19H29N3O3S/c1-20(2)12-13-22-15-19(25-18(22)24)8-10-21(11-9-19)17(23)7-3-5-16-6-4-14-26-16/h4,6,14H,3,5,7-13,15H2,1-2H3. The number of thiophene rings is 1.